The molecule has 126 valence electrons. The average Bonchev–Trinajstić information content (AvgIpc) is 2.34. The van der Waals surface area contributed by atoms with Crippen molar-refractivity contribution >= 4 is 14.1 Å². The molecule has 0 bridgehead atoms. The molecule has 0 fully saturated rings. The van der Waals surface area contributed by atoms with Gasteiger partial charge in [0.15, 0.2) is 14.1 Å². The van der Waals surface area contributed by atoms with Crippen molar-refractivity contribution in [3.63, 3.8) is 0 Å². The first-order valence-electron chi connectivity index (χ1n) is 8.39. The molecule has 0 saturated heterocycles. The second kappa shape index (κ2) is 6.84. The molecular formula is C19H34O2Si. The predicted octanol–water partition coefficient (Wildman–Crippen LogP) is 5.52. The predicted molar refractivity (Wildman–Crippen MR) is 97.6 cm³/mol. The van der Waals surface area contributed by atoms with Gasteiger partial charge in [-0.05, 0) is 50.4 Å². The Bertz CT molecular complexity index is 468. The molecule has 1 aliphatic carbocycles. The maximum Gasteiger partial charge on any atom is 0.192 e. The lowest BCUT2D eigenvalue weighted by Gasteiger charge is -2.44. The summed E-state index contributed by atoms with van der Waals surface area (Å²) in [5, 5.41) is 0.200. The van der Waals surface area contributed by atoms with Gasteiger partial charge in [0.2, 0.25) is 0 Å². The van der Waals surface area contributed by atoms with Gasteiger partial charge in [-0.25, -0.2) is 0 Å². The number of allylic oxidation sites excluding steroid dienone is 4. The van der Waals surface area contributed by atoms with E-state index in [2.05, 4.69) is 66.8 Å². The normalized spacial score (nSPS) is 27.4. The second-order valence-corrected chi connectivity index (χ2v) is 13.4. The number of hydrogen-bond donors (Lipinski definition) is 0. The molecule has 0 aromatic carbocycles. The van der Waals surface area contributed by atoms with Crippen LogP contribution in [0.3, 0.4) is 0 Å². The van der Waals surface area contributed by atoms with E-state index in [-0.39, 0.29) is 16.2 Å². The third-order valence-corrected chi connectivity index (χ3v) is 10.0. The molecule has 0 aliphatic heterocycles. The highest BCUT2D eigenvalue weighted by Crippen LogP contribution is 2.45. The fourth-order valence-corrected chi connectivity index (χ4v) is 4.06. The minimum atomic E-state index is -1.79. The van der Waals surface area contributed by atoms with Gasteiger partial charge in [-0.15, -0.1) is 0 Å². The molecule has 0 radical (unpaired) electrons. The molecule has 22 heavy (non-hydrogen) atoms. The molecule has 0 spiro atoms. The van der Waals surface area contributed by atoms with Crippen LogP contribution in [-0.4, -0.2) is 20.7 Å². The smallest absolute Gasteiger partial charge is 0.192 e. The minimum absolute atomic E-state index is 0.0923. The quantitative estimate of drug-likeness (QED) is 0.492. The van der Waals surface area contributed by atoms with Crippen molar-refractivity contribution in [3.8, 4) is 0 Å². The topological polar surface area (TPSA) is 26.3 Å². The highest BCUT2D eigenvalue weighted by atomic mass is 28.4. The van der Waals surface area contributed by atoms with Crippen molar-refractivity contribution in [3.05, 3.63) is 23.8 Å². The zero-order chi connectivity index (χ0) is 17.2. The van der Waals surface area contributed by atoms with Crippen LogP contribution in [-0.2, 0) is 9.22 Å². The van der Waals surface area contributed by atoms with Gasteiger partial charge in [0.25, 0.3) is 0 Å². The van der Waals surface area contributed by atoms with E-state index < -0.39 is 8.32 Å². The Balaban J connectivity index is 2.97. The van der Waals surface area contributed by atoms with E-state index >= 15 is 0 Å². The number of ketones is 1. The van der Waals surface area contributed by atoms with Crippen molar-refractivity contribution in [2.75, 3.05) is 6.61 Å². The number of carbonyl (C=O) groups excluding carboxylic acids is 1. The third-order valence-electron chi connectivity index (χ3n) is 5.53. The van der Waals surface area contributed by atoms with Crippen LogP contribution < -0.4 is 0 Å². The lowest BCUT2D eigenvalue weighted by atomic mass is 9.66. The van der Waals surface area contributed by atoms with Crippen LogP contribution in [0, 0.1) is 11.3 Å². The first kappa shape index (κ1) is 19.4. The summed E-state index contributed by atoms with van der Waals surface area (Å²) in [6, 6.07) is 0. The Kier molecular flexibility index (Phi) is 6.02. The Morgan fingerprint density at radius 3 is 2.50 bits per heavy atom. The van der Waals surface area contributed by atoms with E-state index in [4.69, 9.17) is 4.43 Å². The van der Waals surface area contributed by atoms with Gasteiger partial charge in [-0.3, -0.25) is 4.79 Å². The van der Waals surface area contributed by atoms with Gasteiger partial charge >= 0.3 is 0 Å². The minimum Gasteiger partial charge on any atom is -0.416 e. The van der Waals surface area contributed by atoms with Crippen LogP contribution >= 0.6 is 0 Å². The molecule has 0 saturated carbocycles. The summed E-state index contributed by atoms with van der Waals surface area (Å²) in [4.78, 5) is 12.1. The molecule has 1 aliphatic rings. The van der Waals surface area contributed by atoms with Gasteiger partial charge < -0.3 is 4.43 Å². The van der Waals surface area contributed by atoms with Gasteiger partial charge in [0.1, 0.15) is 0 Å². The maximum absolute atomic E-state index is 12.1. The van der Waals surface area contributed by atoms with Crippen LogP contribution in [0.4, 0.5) is 0 Å². The Morgan fingerprint density at radius 1 is 1.41 bits per heavy atom. The van der Waals surface area contributed by atoms with E-state index in [0.29, 0.717) is 18.9 Å². The zero-order valence-electron chi connectivity index (χ0n) is 15.7. The molecule has 0 aromatic heterocycles. The third kappa shape index (κ3) is 4.42. The number of hydrogen-bond acceptors (Lipinski definition) is 2. The summed E-state index contributed by atoms with van der Waals surface area (Å²) in [7, 11) is -1.79. The lowest BCUT2D eigenvalue weighted by molar-refractivity contribution is -0.119. The van der Waals surface area contributed by atoms with Crippen molar-refractivity contribution < 1.29 is 9.22 Å². The summed E-state index contributed by atoms with van der Waals surface area (Å²) in [5.41, 5.74) is 1.11. The van der Waals surface area contributed by atoms with Crippen molar-refractivity contribution in [2.24, 2.45) is 11.3 Å². The van der Waals surface area contributed by atoms with Crippen LogP contribution in [0.5, 0.6) is 0 Å². The monoisotopic (exact) mass is 322 g/mol. The molecule has 0 heterocycles. The first-order chi connectivity index (χ1) is 9.93. The van der Waals surface area contributed by atoms with Crippen LogP contribution in [0.15, 0.2) is 23.8 Å². The van der Waals surface area contributed by atoms with Crippen LogP contribution in [0.25, 0.3) is 0 Å². The van der Waals surface area contributed by atoms with E-state index in [1.54, 1.807) is 0 Å². The molecule has 2 nitrogen and oxygen atoms in total. The highest BCUT2D eigenvalue weighted by molar-refractivity contribution is 6.74. The Morgan fingerprint density at radius 2 is 2.00 bits per heavy atom. The summed E-state index contributed by atoms with van der Waals surface area (Å²) in [6.45, 7) is 18.4. The summed E-state index contributed by atoms with van der Waals surface area (Å²) in [5.74, 6) is 0.640. The highest BCUT2D eigenvalue weighted by Gasteiger charge is 2.43. The van der Waals surface area contributed by atoms with Crippen LogP contribution in [0.1, 0.15) is 54.4 Å². The fourth-order valence-electron chi connectivity index (χ4n) is 2.93. The van der Waals surface area contributed by atoms with Gasteiger partial charge in [0, 0.05) is 18.4 Å². The van der Waals surface area contributed by atoms with Crippen molar-refractivity contribution in [2.45, 2.75) is 72.5 Å². The Hall–Kier alpha value is -0.673. The van der Waals surface area contributed by atoms with Crippen LogP contribution in [0.2, 0.25) is 18.1 Å². The molecule has 0 N–H and O–H groups in total. The molecule has 0 unspecified atom stereocenters. The van der Waals surface area contributed by atoms with Gasteiger partial charge in [-0.2, -0.15) is 0 Å². The average molecular weight is 323 g/mol. The van der Waals surface area contributed by atoms with Crippen molar-refractivity contribution in [1.29, 1.82) is 0 Å². The summed E-state index contributed by atoms with van der Waals surface area (Å²) >= 11 is 0. The van der Waals surface area contributed by atoms with E-state index in [9.17, 15) is 4.79 Å². The number of carbonyl (C=O) groups is 1. The fraction of sp³-hybridized carbons (Fsp3) is 0.737. The van der Waals surface area contributed by atoms with Crippen molar-refractivity contribution in [1.82, 2.24) is 0 Å². The SMILES string of the molecule is C/C=C/C[C@@H]1C(C)=CC(=O)C[C@]1(C)CO[Si](C)(C)C(C)(C)C. The summed E-state index contributed by atoms with van der Waals surface area (Å²) in [6.07, 6.45) is 7.73. The van der Waals surface area contributed by atoms with Gasteiger partial charge in [-0.1, -0.05) is 45.4 Å². The molecule has 1 rings (SSSR count). The molecular weight excluding hydrogens is 288 g/mol. The maximum atomic E-state index is 12.1. The first-order valence-corrected chi connectivity index (χ1v) is 11.3. The Labute approximate surface area is 138 Å². The second-order valence-electron chi connectivity index (χ2n) is 8.59. The molecule has 0 amide bonds. The zero-order valence-corrected chi connectivity index (χ0v) is 16.7. The van der Waals surface area contributed by atoms with E-state index in [1.807, 2.05) is 6.08 Å². The largest absolute Gasteiger partial charge is 0.416 e. The van der Waals surface area contributed by atoms with Gasteiger partial charge in [0.05, 0.1) is 0 Å². The van der Waals surface area contributed by atoms with E-state index in [0.717, 1.165) is 6.42 Å². The molecule has 0 aromatic rings. The lowest BCUT2D eigenvalue weighted by Crippen LogP contribution is -2.46. The number of rotatable bonds is 5. The summed E-state index contributed by atoms with van der Waals surface area (Å²) < 4.78 is 6.48. The molecule has 2 atom stereocenters. The molecule has 3 heteroatoms. The standard InChI is InChI=1S/C19H34O2Si/c1-9-10-11-17-15(2)12-16(20)13-19(17,6)14-21-22(7,8)18(3,4)5/h9-10,12,17H,11,13-14H2,1-8H3/b10-9+/t17-,19-/m1/s1. The van der Waals surface area contributed by atoms with E-state index in [1.165, 1.54) is 5.57 Å².